The van der Waals surface area contributed by atoms with Crippen molar-refractivity contribution in [2.75, 3.05) is 18.0 Å². The molecule has 150 valence electrons. The van der Waals surface area contributed by atoms with Gasteiger partial charge in [0.15, 0.2) is 5.82 Å². The highest BCUT2D eigenvalue weighted by Crippen LogP contribution is 2.52. The van der Waals surface area contributed by atoms with Gasteiger partial charge in [-0.05, 0) is 25.3 Å². The Morgan fingerprint density at radius 1 is 1.34 bits per heavy atom. The number of anilines is 1. The van der Waals surface area contributed by atoms with Crippen molar-refractivity contribution in [1.82, 2.24) is 10.5 Å². The van der Waals surface area contributed by atoms with Gasteiger partial charge in [-0.3, -0.25) is 14.5 Å². The lowest BCUT2D eigenvalue weighted by molar-refractivity contribution is -0.131. The van der Waals surface area contributed by atoms with Gasteiger partial charge in [0.2, 0.25) is 11.8 Å². The summed E-state index contributed by atoms with van der Waals surface area (Å²) in [6.07, 6.45) is 5.25. The van der Waals surface area contributed by atoms with Crippen LogP contribution in [0, 0.1) is 18.8 Å². The van der Waals surface area contributed by atoms with Crippen LogP contribution in [-0.2, 0) is 20.7 Å². The Morgan fingerprint density at radius 3 is 2.93 bits per heavy atom. The maximum absolute atomic E-state index is 13.2. The summed E-state index contributed by atoms with van der Waals surface area (Å²) in [5.41, 5.74) is 0.497. The summed E-state index contributed by atoms with van der Waals surface area (Å²) >= 11 is 0. The van der Waals surface area contributed by atoms with Crippen LogP contribution in [0.3, 0.4) is 0 Å². The molecule has 0 saturated carbocycles. The Balaban J connectivity index is 1.26. The van der Waals surface area contributed by atoms with Crippen LogP contribution in [0.25, 0.3) is 0 Å². The van der Waals surface area contributed by atoms with Gasteiger partial charge in [0.1, 0.15) is 11.4 Å². The predicted octanol–water partition coefficient (Wildman–Crippen LogP) is 2.02. The largest absolute Gasteiger partial charge is 0.360 e. The monoisotopic (exact) mass is 393 g/mol. The summed E-state index contributed by atoms with van der Waals surface area (Å²) in [5, 5.41) is 6.97. The first-order valence-electron chi connectivity index (χ1n) is 10.0. The van der Waals surface area contributed by atoms with Crippen LogP contribution in [0.2, 0.25) is 0 Å². The third kappa shape index (κ3) is 2.97. The standard InChI is InChI=1S/C22H23N3O4/c1-14-12-17(24-29-14)25-13-22-10-9-16(28-22)18(19(22)21(25)27)20(26)23-11-5-8-15-6-3-2-4-7-15/h2-4,6-7,9-10,12,16,18-19H,5,8,11,13H2,1H3,(H,23,26). The average molecular weight is 393 g/mol. The van der Waals surface area contributed by atoms with E-state index in [1.165, 1.54) is 5.56 Å². The first-order chi connectivity index (χ1) is 14.1. The Hall–Kier alpha value is -2.93. The smallest absolute Gasteiger partial charge is 0.235 e. The summed E-state index contributed by atoms with van der Waals surface area (Å²) in [7, 11) is 0. The van der Waals surface area contributed by atoms with Gasteiger partial charge in [-0.2, -0.15) is 0 Å². The maximum atomic E-state index is 13.2. The van der Waals surface area contributed by atoms with Crippen molar-refractivity contribution in [3.63, 3.8) is 0 Å². The highest BCUT2D eigenvalue weighted by atomic mass is 16.5. The molecule has 2 fully saturated rings. The Kier molecular flexibility index (Phi) is 4.28. The molecule has 7 heteroatoms. The van der Waals surface area contributed by atoms with Gasteiger partial charge < -0.3 is 14.6 Å². The minimum absolute atomic E-state index is 0.120. The van der Waals surface area contributed by atoms with E-state index >= 15 is 0 Å². The van der Waals surface area contributed by atoms with Crippen LogP contribution in [0.1, 0.15) is 17.7 Å². The molecule has 7 nitrogen and oxygen atoms in total. The molecule has 3 aliphatic rings. The minimum Gasteiger partial charge on any atom is -0.360 e. The van der Waals surface area contributed by atoms with Crippen LogP contribution >= 0.6 is 0 Å². The zero-order valence-electron chi connectivity index (χ0n) is 16.2. The molecular formula is C22H23N3O4. The summed E-state index contributed by atoms with van der Waals surface area (Å²) < 4.78 is 11.2. The number of fused-ring (bicyclic) bond motifs is 1. The van der Waals surface area contributed by atoms with Crippen molar-refractivity contribution in [3.05, 3.63) is 59.9 Å². The lowest BCUT2D eigenvalue weighted by Crippen LogP contribution is -2.44. The molecule has 4 unspecified atom stereocenters. The molecule has 0 radical (unpaired) electrons. The number of rotatable bonds is 6. The third-order valence-electron chi connectivity index (χ3n) is 6.08. The molecule has 1 spiro atoms. The Labute approximate surface area is 168 Å². The summed E-state index contributed by atoms with van der Waals surface area (Å²) in [6.45, 7) is 2.71. The lowest BCUT2D eigenvalue weighted by atomic mass is 9.77. The first-order valence-corrected chi connectivity index (χ1v) is 10.0. The Morgan fingerprint density at radius 2 is 2.17 bits per heavy atom. The van der Waals surface area contributed by atoms with Crippen molar-refractivity contribution in [1.29, 1.82) is 0 Å². The van der Waals surface area contributed by atoms with Crippen molar-refractivity contribution in [3.8, 4) is 0 Å². The summed E-state index contributed by atoms with van der Waals surface area (Å²) in [6, 6.07) is 11.9. The lowest BCUT2D eigenvalue weighted by Gasteiger charge is -2.23. The van der Waals surface area contributed by atoms with Gasteiger partial charge in [0.25, 0.3) is 0 Å². The van der Waals surface area contributed by atoms with Crippen molar-refractivity contribution >= 4 is 17.6 Å². The molecule has 5 rings (SSSR count). The molecule has 1 aromatic carbocycles. The molecule has 0 aliphatic carbocycles. The number of carbonyl (C=O) groups excluding carboxylic acids is 2. The van der Waals surface area contributed by atoms with E-state index in [1.807, 2.05) is 30.4 Å². The fraction of sp³-hybridized carbons (Fsp3) is 0.409. The zero-order valence-corrected chi connectivity index (χ0v) is 16.2. The summed E-state index contributed by atoms with van der Waals surface area (Å²) in [5.74, 6) is -0.180. The number of carbonyl (C=O) groups is 2. The highest BCUT2D eigenvalue weighted by molar-refractivity contribution is 6.02. The van der Waals surface area contributed by atoms with E-state index < -0.39 is 17.4 Å². The molecule has 4 atom stereocenters. The average Bonchev–Trinajstić information content (AvgIpc) is 3.47. The van der Waals surface area contributed by atoms with E-state index in [9.17, 15) is 9.59 Å². The molecule has 1 N–H and O–H groups in total. The maximum Gasteiger partial charge on any atom is 0.235 e. The number of nitrogens with zero attached hydrogens (tertiary/aromatic N) is 2. The molecule has 3 aliphatic heterocycles. The van der Waals surface area contributed by atoms with Crippen LogP contribution in [0.15, 0.2) is 53.1 Å². The van der Waals surface area contributed by atoms with Gasteiger partial charge in [0.05, 0.1) is 24.5 Å². The van der Waals surface area contributed by atoms with Gasteiger partial charge in [0, 0.05) is 12.6 Å². The number of hydrogen-bond acceptors (Lipinski definition) is 5. The second-order valence-corrected chi connectivity index (χ2v) is 8.00. The third-order valence-corrected chi connectivity index (χ3v) is 6.08. The first kappa shape index (κ1) is 18.1. The fourth-order valence-electron chi connectivity index (χ4n) is 4.74. The van der Waals surface area contributed by atoms with Crippen LogP contribution in [0.5, 0.6) is 0 Å². The predicted molar refractivity (Wildman–Crippen MR) is 105 cm³/mol. The second kappa shape index (κ2) is 6.84. The molecule has 4 heterocycles. The molecule has 2 saturated heterocycles. The van der Waals surface area contributed by atoms with Gasteiger partial charge in [-0.1, -0.05) is 47.6 Å². The zero-order chi connectivity index (χ0) is 20.0. The SMILES string of the molecule is Cc1cc(N2CC34C=CC(O3)C(C(=O)NCCCc3ccccc3)C4C2=O)no1. The van der Waals surface area contributed by atoms with E-state index in [1.54, 1.807) is 17.9 Å². The number of ether oxygens (including phenoxy) is 1. The molecular weight excluding hydrogens is 370 g/mol. The number of nitrogens with one attached hydrogen (secondary N) is 1. The number of aryl methyl sites for hydroxylation is 2. The van der Waals surface area contributed by atoms with Crippen molar-refractivity contribution < 1.29 is 18.8 Å². The van der Waals surface area contributed by atoms with E-state index in [-0.39, 0.29) is 17.9 Å². The fourth-order valence-corrected chi connectivity index (χ4v) is 4.74. The van der Waals surface area contributed by atoms with Crippen molar-refractivity contribution in [2.45, 2.75) is 31.5 Å². The van der Waals surface area contributed by atoms with E-state index in [0.29, 0.717) is 24.7 Å². The Bertz CT molecular complexity index is 969. The van der Waals surface area contributed by atoms with Crippen LogP contribution in [0.4, 0.5) is 5.82 Å². The van der Waals surface area contributed by atoms with E-state index in [4.69, 9.17) is 9.26 Å². The van der Waals surface area contributed by atoms with Gasteiger partial charge in [-0.25, -0.2) is 0 Å². The second-order valence-electron chi connectivity index (χ2n) is 8.00. The number of benzene rings is 1. The van der Waals surface area contributed by atoms with Crippen LogP contribution in [-0.4, -0.2) is 41.8 Å². The topological polar surface area (TPSA) is 84.7 Å². The van der Waals surface area contributed by atoms with E-state index in [0.717, 1.165) is 12.8 Å². The molecule has 1 aromatic heterocycles. The number of amides is 2. The van der Waals surface area contributed by atoms with Crippen molar-refractivity contribution in [2.24, 2.45) is 11.8 Å². The van der Waals surface area contributed by atoms with Gasteiger partial charge >= 0.3 is 0 Å². The highest BCUT2D eigenvalue weighted by Gasteiger charge is 2.67. The molecule has 2 aromatic rings. The summed E-state index contributed by atoms with van der Waals surface area (Å²) in [4.78, 5) is 27.7. The molecule has 2 amide bonds. The van der Waals surface area contributed by atoms with Crippen LogP contribution < -0.4 is 10.2 Å². The van der Waals surface area contributed by atoms with Gasteiger partial charge in [-0.15, -0.1) is 0 Å². The number of hydrogen-bond donors (Lipinski definition) is 1. The molecule has 29 heavy (non-hydrogen) atoms. The number of aromatic nitrogens is 1. The molecule has 2 bridgehead atoms. The minimum atomic E-state index is -0.749. The quantitative estimate of drug-likeness (QED) is 0.600. The van der Waals surface area contributed by atoms with E-state index in [2.05, 4.69) is 22.6 Å². The normalized spacial score (nSPS) is 29.5.